The average Bonchev–Trinajstić information content (AvgIpc) is 2.42. The predicted octanol–water partition coefficient (Wildman–Crippen LogP) is 4.54. The average molecular weight is 339 g/mol. The van der Waals surface area contributed by atoms with Crippen LogP contribution < -0.4 is 14.8 Å². The summed E-state index contributed by atoms with van der Waals surface area (Å²) >= 11 is 17.5. The van der Waals surface area contributed by atoms with E-state index in [4.69, 9.17) is 44.3 Å². The van der Waals surface area contributed by atoms with E-state index in [2.05, 4.69) is 19.2 Å². The molecule has 20 heavy (non-hydrogen) atoms. The van der Waals surface area contributed by atoms with Gasteiger partial charge in [0.2, 0.25) is 0 Å². The van der Waals surface area contributed by atoms with Crippen molar-refractivity contribution in [2.75, 3.05) is 13.7 Å². The lowest BCUT2D eigenvalue weighted by molar-refractivity contribution is 0.324. The molecule has 0 atom stereocenters. The van der Waals surface area contributed by atoms with Crippen molar-refractivity contribution >= 4 is 34.8 Å². The molecule has 1 rings (SSSR count). The molecule has 6 heteroatoms. The van der Waals surface area contributed by atoms with E-state index in [9.17, 15) is 0 Å². The third kappa shape index (κ3) is 5.41. The van der Waals surface area contributed by atoms with Crippen LogP contribution in [0.25, 0.3) is 0 Å². The highest BCUT2D eigenvalue weighted by atomic mass is 35.5. The number of benzene rings is 1. The van der Waals surface area contributed by atoms with Crippen LogP contribution in [-0.4, -0.2) is 19.8 Å². The van der Waals surface area contributed by atoms with E-state index in [-0.39, 0.29) is 6.61 Å². The second kappa shape index (κ2) is 8.63. The molecule has 0 aliphatic heterocycles. The van der Waals surface area contributed by atoms with Gasteiger partial charge in [0.05, 0.1) is 17.2 Å². The number of hydrogen-bond acceptors (Lipinski definition) is 3. The Morgan fingerprint density at radius 2 is 2.10 bits per heavy atom. The molecule has 0 aliphatic carbocycles. The Morgan fingerprint density at radius 1 is 1.40 bits per heavy atom. The fourth-order valence-electron chi connectivity index (χ4n) is 1.51. The third-order valence-corrected chi connectivity index (χ3v) is 3.35. The molecule has 112 valence electrons. The summed E-state index contributed by atoms with van der Waals surface area (Å²) in [4.78, 5) is 0. The van der Waals surface area contributed by atoms with Crippen LogP contribution in [0.4, 0.5) is 0 Å². The van der Waals surface area contributed by atoms with Gasteiger partial charge in [0.25, 0.3) is 0 Å². The normalized spacial score (nSPS) is 11.8. The van der Waals surface area contributed by atoms with Gasteiger partial charge in [0.15, 0.2) is 11.5 Å². The molecule has 0 radical (unpaired) electrons. The molecule has 0 fully saturated rings. The summed E-state index contributed by atoms with van der Waals surface area (Å²) in [5.74, 6) is 1.02. The molecule has 0 aliphatic rings. The fourth-order valence-corrected chi connectivity index (χ4v) is 1.92. The van der Waals surface area contributed by atoms with Crippen molar-refractivity contribution in [2.24, 2.45) is 0 Å². The minimum absolute atomic E-state index is 0.144. The Kier molecular flexibility index (Phi) is 7.52. The lowest BCUT2D eigenvalue weighted by Gasteiger charge is -2.15. The number of nitrogens with one attached hydrogen (secondary N) is 1. The summed E-state index contributed by atoms with van der Waals surface area (Å²) in [6, 6.07) is 4.12. The molecule has 0 aromatic heterocycles. The van der Waals surface area contributed by atoms with Crippen LogP contribution in [0.1, 0.15) is 19.4 Å². The van der Waals surface area contributed by atoms with Crippen molar-refractivity contribution < 1.29 is 9.47 Å². The lowest BCUT2D eigenvalue weighted by Crippen LogP contribution is -2.21. The summed E-state index contributed by atoms with van der Waals surface area (Å²) in [5, 5.41) is 4.18. The van der Waals surface area contributed by atoms with Gasteiger partial charge in [-0.05, 0) is 17.7 Å². The molecular weight excluding hydrogens is 321 g/mol. The van der Waals surface area contributed by atoms with Crippen LogP contribution in [0.5, 0.6) is 11.5 Å². The zero-order valence-electron chi connectivity index (χ0n) is 11.7. The summed E-state index contributed by atoms with van der Waals surface area (Å²) in [5.41, 5.74) is 2.27. The Morgan fingerprint density at radius 3 is 2.65 bits per heavy atom. The van der Waals surface area contributed by atoms with Crippen molar-refractivity contribution in [2.45, 2.75) is 26.4 Å². The van der Waals surface area contributed by atoms with Crippen LogP contribution >= 0.6 is 34.8 Å². The van der Waals surface area contributed by atoms with Crippen molar-refractivity contribution in [3.05, 3.63) is 33.3 Å². The van der Waals surface area contributed by atoms with Crippen LogP contribution in [0, 0.1) is 0 Å². The van der Waals surface area contributed by atoms with E-state index >= 15 is 0 Å². The smallest absolute Gasteiger partial charge is 0.180 e. The Labute approximate surface area is 134 Å². The zero-order chi connectivity index (χ0) is 15.1. The van der Waals surface area contributed by atoms with Crippen LogP contribution in [0.15, 0.2) is 22.7 Å². The van der Waals surface area contributed by atoms with Crippen molar-refractivity contribution in [1.82, 2.24) is 5.32 Å². The van der Waals surface area contributed by atoms with Crippen LogP contribution in [-0.2, 0) is 6.54 Å². The van der Waals surface area contributed by atoms with E-state index in [0.717, 1.165) is 5.56 Å². The van der Waals surface area contributed by atoms with Gasteiger partial charge < -0.3 is 14.8 Å². The molecule has 0 bridgehead atoms. The standard InChI is InChI=1S/C14H18Cl3NO2/c1-9(2)18-7-10-4-12(17)14(13(5-10)19-3)20-8-11(16)6-15/h4-6,9,18H,7-8H2,1-3H3. The molecule has 0 spiro atoms. The zero-order valence-corrected chi connectivity index (χ0v) is 13.9. The molecular formula is C14H18Cl3NO2. The largest absolute Gasteiger partial charge is 0.493 e. The first kappa shape index (κ1) is 17.4. The first-order valence-corrected chi connectivity index (χ1v) is 7.34. The number of halogens is 3. The van der Waals surface area contributed by atoms with Gasteiger partial charge in [-0.1, -0.05) is 48.7 Å². The SMILES string of the molecule is COc1cc(CNC(C)C)cc(Cl)c1OCC(Cl)=CCl. The topological polar surface area (TPSA) is 30.5 Å². The lowest BCUT2D eigenvalue weighted by atomic mass is 10.2. The molecule has 0 amide bonds. The van der Waals surface area contributed by atoms with Crippen molar-refractivity contribution in [1.29, 1.82) is 0 Å². The minimum atomic E-state index is 0.144. The Hall–Kier alpha value is -0.610. The highest BCUT2D eigenvalue weighted by Crippen LogP contribution is 2.36. The number of methoxy groups -OCH3 is 1. The van der Waals surface area contributed by atoms with E-state index in [1.807, 2.05) is 12.1 Å². The molecule has 1 aromatic rings. The summed E-state index contributed by atoms with van der Waals surface area (Å²) < 4.78 is 10.8. The molecule has 0 unspecified atom stereocenters. The van der Waals surface area contributed by atoms with Crippen molar-refractivity contribution in [3.8, 4) is 11.5 Å². The van der Waals surface area contributed by atoms with E-state index in [1.165, 1.54) is 5.54 Å². The Balaban J connectivity index is 2.90. The summed E-state index contributed by atoms with van der Waals surface area (Å²) in [6.45, 7) is 5.01. The van der Waals surface area contributed by atoms with E-state index in [0.29, 0.717) is 34.1 Å². The third-order valence-electron chi connectivity index (χ3n) is 2.48. The molecule has 1 aromatic carbocycles. The van der Waals surface area contributed by atoms with Crippen molar-refractivity contribution in [3.63, 3.8) is 0 Å². The second-order valence-electron chi connectivity index (χ2n) is 4.49. The van der Waals surface area contributed by atoms with E-state index in [1.54, 1.807) is 7.11 Å². The molecule has 1 N–H and O–H groups in total. The van der Waals surface area contributed by atoms with E-state index < -0.39 is 0 Å². The van der Waals surface area contributed by atoms with Gasteiger partial charge in [-0.3, -0.25) is 0 Å². The minimum Gasteiger partial charge on any atom is -0.493 e. The van der Waals surface area contributed by atoms with Gasteiger partial charge in [-0.25, -0.2) is 0 Å². The highest BCUT2D eigenvalue weighted by Gasteiger charge is 2.12. The first-order chi connectivity index (χ1) is 9.47. The Bertz CT molecular complexity index is 476. The maximum atomic E-state index is 6.23. The highest BCUT2D eigenvalue weighted by molar-refractivity contribution is 6.36. The van der Waals surface area contributed by atoms with Gasteiger partial charge >= 0.3 is 0 Å². The monoisotopic (exact) mass is 337 g/mol. The quantitative estimate of drug-likeness (QED) is 0.791. The van der Waals surface area contributed by atoms with Gasteiger partial charge in [-0.2, -0.15) is 0 Å². The van der Waals surface area contributed by atoms with Crippen LogP contribution in [0.3, 0.4) is 0 Å². The molecule has 0 heterocycles. The predicted molar refractivity (Wildman–Crippen MR) is 85.3 cm³/mol. The fraction of sp³-hybridized carbons (Fsp3) is 0.429. The molecule has 0 saturated heterocycles. The maximum absolute atomic E-state index is 6.23. The summed E-state index contributed by atoms with van der Waals surface area (Å²) in [6.07, 6.45) is 0. The number of hydrogen-bond donors (Lipinski definition) is 1. The van der Waals surface area contributed by atoms with Gasteiger partial charge in [0.1, 0.15) is 6.61 Å². The molecule has 3 nitrogen and oxygen atoms in total. The summed E-state index contributed by atoms with van der Waals surface area (Å²) in [7, 11) is 1.57. The van der Waals surface area contributed by atoms with Gasteiger partial charge in [-0.15, -0.1) is 0 Å². The number of ether oxygens (including phenoxy) is 2. The number of rotatable bonds is 7. The maximum Gasteiger partial charge on any atom is 0.180 e. The van der Waals surface area contributed by atoms with Crippen LogP contribution in [0.2, 0.25) is 5.02 Å². The first-order valence-electron chi connectivity index (χ1n) is 6.15. The second-order valence-corrected chi connectivity index (χ2v) is 5.60. The van der Waals surface area contributed by atoms with Gasteiger partial charge in [0, 0.05) is 18.1 Å². The molecule has 0 saturated carbocycles.